The van der Waals surface area contributed by atoms with E-state index in [9.17, 15) is 0 Å². The minimum absolute atomic E-state index is 0.465. The van der Waals surface area contributed by atoms with Crippen LogP contribution >= 0.6 is 0 Å². The van der Waals surface area contributed by atoms with Crippen LogP contribution in [0.25, 0.3) is 11.5 Å². The molecule has 0 aliphatic rings. The molecule has 1 radical (unpaired) electrons. The Bertz CT molecular complexity index is 369. The molecule has 0 fully saturated rings. The van der Waals surface area contributed by atoms with Crippen LogP contribution in [-0.2, 0) is 0 Å². The summed E-state index contributed by atoms with van der Waals surface area (Å²) >= 11 is 0. The molecule has 0 N–H and O–H groups in total. The summed E-state index contributed by atoms with van der Waals surface area (Å²) in [6.45, 7) is 0. The van der Waals surface area contributed by atoms with Crippen molar-refractivity contribution in [2.75, 3.05) is 7.11 Å². The average molecular weight is 176 g/mol. The number of aromatic nitrogens is 3. The molecule has 2 heterocycles. The fraction of sp³-hybridized carbons (Fsp3) is 0.125. The molecule has 65 valence electrons. The number of rotatable bonds is 2. The van der Waals surface area contributed by atoms with Crippen LogP contribution in [0.4, 0.5) is 0 Å². The van der Waals surface area contributed by atoms with Crippen LogP contribution < -0.4 is 4.74 Å². The van der Waals surface area contributed by atoms with Crippen LogP contribution in [0, 0.1) is 6.20 Å². The van der Waals surface area contributed by atoms with Crippen LogP contribution in [0.3, 0.4) is 0 Å². The van der Waals surface area contributed by atoms with Gasteiger partial charge in [-0.2, -0.15) is 0 Å². The van der Waals surface area contributed by atoms with E-state index in [2.05, 4.69) is 21.6 Å². The van der Waals surface area contributed by atoms with Gasteiger partial charge in [-0.25, -0.2) is 0 Å². The lowest BCUT2D eigenvalue weighted by Gasteiger charge is -1.96. The van der Waals surface area contributed by atoms with Crippen molar-refractivity contribution in [2.45, 2.75) is 0 Å². The number of ether oxygens (including phenoxy) is 1. The van der Waals surface area contributed by atoms with E-state index in [1.54, 1.807) is 18.2 Å². The van der Waals surface area contributed by atoms with Gasteiger partial charge in [-0.15, -0.1) is 10.2 Å². The summed E-state index contributed by atoms with van der Waals surface area (Å²) in [5.41, 5.74) is 0.606. The van der Waals surface area contributed by atoms with Gasteiger partial charge in [0.05, 0.1) is 7.11 Å². The number of methoxy groups -OCH3 is 1. The minimum Gasteiger partial charge on any atom is -0.480 e. The molecular weight excluding hydrogens is 170 g/mol. The molecule has 5 nitrogen and oxygen atoms in total. The van der Waals surface area contributed by atoms with E-state index in [0.29, 0.717) is 17.3 Å². The van der Waals surface area contributed by atoms with Gasteiger partial charge >= 0.3 is 0 Å². The highest BCUT2D eigenvalue weighted by Crippen LogP contribution is 2.15. The van der Waals surface area contributed by atoms with Crippen molar-refractivity contribution < 1.29 is 9.26 Å². The van der Waals surface area contributed by atoms with Crippen LogP contribution in [0.5, 0.6) is 5.88 Å². The van der Waals surface area contributed by atoms with Gasteiger partial charge < -0.3 is 9.26 Å². The van der Waals surface area contributed by atoms with Gasteiger partial charge in [0.1, 0.15) is 11.9 Å². The summed E-state index contributed by atoms with van der Waals surface area (Å²) in [5, 5.41) is 11.1. The Morgan fingerprint density at radius 3 is 2.85 bits per heavy atom. The molecule has 0 atom stereocenters. The zero-order valence-corrected chi connectivity index (χ0v) is 6.89. The molecule has 0 aromatic carbocycles. The highest BCUT2D eigenvalue weighted by molar-refractivity contribution is 5.49. The predicted molar refractivity (Wildman–Crippen MR) is 42.9 cm³/mol. The van der Waals surface area contributed by atoms with Crippen LogP contribution in [0.2, 0.25) is 0 Å². The molecule has 0 bridgehead atoms. The Labute approximate surface area is 74.3 Å². The van der Waals surface area contributed by atoms with Crippen LogP contribution in [0.1, 0.15) is 0 Å². The standard InChI is InChI=1S/C8H6N3O2/c1-12-8-3-2-6(10-11-8)7-4-5-9-13-7/h2-4H,1H3. The van der Waals surface area contributed by atoms with Gasteiger partial charge in [-0.1, -0.05) is 5.16 Å². The zero-order valence-electron chi connectivity index (χ0n) is 6.89. The van der Waals surface area contributed by atoms with Crippen molar-refractivity contribution in [2.24, 2.45) is 0 Å². The van der Waals surface area contributed by atoms with Crippen LogP contribution in [0.15, 0.2) is 22.7 Å². The van der Waals surface area contributed by atoms with Crippen molar-refractivity contribution in [3.63, 3.8) is 0 Å². The molecule has 0 spiro atoms. The quantitative estimate of drug-likeness (QED) is 0.681. The summed E-state index contributed by atoms with van der Waals surface area (Å²) < 4.78 is 9.70. The molecule has 0 saturated carbocycles. The first-order valence-corrected chi connectivity index (χ1v) is 3.61. The molecule has 5 heteroatoms. The Balaban J connectivity index is 2.33. The van der Waals surface area contributed by atoms with E-state index in [0.717, 1.165) is 0 Å². The Hall–Kier alpha value is -1.91. The first-order chi connectivity index (χ1) is 6.40. The van der Waals surface area contributed by atoms with Crippen molar-refractivity contribution >= 4 is 0 Å². The molecule has 2 rings (SSSR count). The van der Waals surface area contributed by atoms with Gasteiger partial charge in [0, 0.05) is 12.1 Å². The Kier molecular flexibility index (Phi) is 1.91. The summed E-state index contributed by atoms with van der Waals surface area (Å²) in [4.78, 5) is 0. The lowest BCUT2D eigenvalue weighted by molar-refractivity contribution is 0.391. The first-order valence-electron chi connectivity index (χ1n) is 3.61. The summed E-state index contributed by atoms with van der Waals surface area (Å²) in [6.07, 6.45) is 2.54. The predicted octanol–water partition coefficient (Wildman–Crippen LogP) is 0.940. The van der Waals surface area contributed by atoms with Gasteiger partial charge in [-0.05, 0) is 6.07 Å². The fourth-order valence-electron chi connectivity index (χ4n) is 0.868. The first kappa shape index (κ1) is 7.72. The molecule has 0 saturated heterocycles. The average Bonchev–Trinajstić information content (AvgIpc) is 2.71. The third kappa shape index (κ3) is 1.48. The number of hydrogen-bond donors (Lipinski definition) is 0. The van der Waals surface area contributed by atoms with E-state index in [1.165, 1.54) is 7.11 Å². The SMILES string of the molecule is COc1ccc(-c2c[c]no2)nn1. The zero-order chi connectivity index (χ0) is 9.10. The van der Waals surface area contributed by atoms with Crippen molar-refractivity contribution in [1.29, 1.82) is 0 Å². The maximum absolute atomic E-state index is 4.86. The van der Waals surface area contributed by atoms with E-state index in [1.807, 2.05) is 0 Å². The van der Waals surface area contributed by atoms with E-state index >= 15 is 0 Å². The van der Waals surface area contributed by atoms with Gasteiger partial charge in [0.25, 0.3) is 0 Å². The molecule has 2 aromatic rings. The van der Waals surface area contributed by atoms with Crippen LogP contribution in [-0.4, -0.2) is 22.5 Å². The molecule has 0 aliphatic carbocycles. The largest absolute Gasteiger partial charge is 0.480 e. The Morgan fingerprint density at radius 2 is 2.31 bits per heavy atom. The highest BCUT2D eigenvalue weighted by atomic mass is 16.5. The molecule has 0 aliphatic heterocycles. The van der Waals surface area contributed by atoms with Gasteiger partial charge in [0.2, 0.25) is 5.88 Å². The number of hydrogen-bond acceptors (Lipinski definition) is 5. The topological polar surface area (TPSA) is 61.0 Å². The van der Waals surface area contributed by atoms with Crippen molar-refractivity contribution in [1.82, 2.24) is 15.4 Å². The maximum Gasteiger partial charge on any atom is 0.233 e. The molecule has 0 amide bonds. The van der Waals surface area contributed by atoms with E-state index in [-0.39, 0.29) is 0 Å². The molecule has 2 aromatic heterocycles. The monoisotopic (exact) mass is 176 g/mol. The van der Waals surface area contributed by atoms with Crippen molar-refractivity contribution in [3.8, 4) is 17.3 Å². The summed E-state index contributed by atoms with van der Waals surface area (Å²) in [6, 6.07) is 5.03. The summed E-state index contributed by atoms with van der Waals surface area (Å²) in [5.74, 6) is 1.00. The fourth-order valence-corrected chi connectivity index (χ4v) is 0.868. The van der Waals surface area contributed by atoms with Crippen molar-refractivity contribution in [3.05, 3.63) is 24.4 Å². The highest BCUT2D eigenvalue weighted by Gasteiger charge is 2.03. The van der Waals surface area contributed by atoms with E-state index < -0.39 is 0 Å². The summed E-state index contributed by atoms with van der Waals surface area (Å²) in [7, 11) is 1.53. The second kappa shape index (κ2) is 3.22. The second-order valence-electron chi connectivity index (χ2n) is 2.28. The lowest BCUT2D eigenvalue weighted by Crippen LogP contribution is -1.91. The number of nitrogens with zero attached hydrogens (tertiary/aromatic N) is 3. The van der Waals surface area contributed by atoms with Gasteiger partial charge in [-0.3, -0.25) is 0 Å². The normalized spacial score (nSPS) is 9.92. The lowest BCUT2D eigenvalue weighted by atomic mass is 10.3. The van der Waals surface area contributed by atoms with Gasteiger partial charge in [0.15, 0.2) is 5.76 Å². The van der Waals surface area contributed by atoms with E-state index in [4.69, 9.17) is 9.26 Å². The Morgan fingerprint density at radius 1 is 1.38 bits per heavy atom. The molecule has 13 heavy (non-hydrogen) atoms. The maximum atomic E-state index is 4.86. The minimum atomic E-state index is 0.465. The smallest absolute Gasteiger partial charge is 0.233 e. The molecule has 0 unspecified atom stereocenters. The third-order valence-electron chi connectivity index (χ3n) is 1.49. The third-order valence-corrected chi connectivity index (χ3v) is 1.49. The second-order valence-corrected chi connectivity index (χ2v) is 2.28. The molecular formula is C8H6N3O2.